The third-order valence-electron chi connectivity index (χ3n) is 3.63. The number of rotatable bonds is 3. The van der Waals surface area contributed by atoms with Crippen LogP contribution in [0.4, 0.5) is 5.69 Å². The minimum atomic E-state index is -0.117. The van der Waals surface area contributed by atoms with Crippen LogP contribution in [-0.2, 0) is 0 Å². The minimum absolute atomic E-state index is 0.117. The molecule has 1 amide bonds. The summed E-state index contributed by atoms with van der Waals surface area (Å²) in [4.78, 5) is 12.7. The van der Waals surface area contributed by atoms with Crippen LogP contribution in [0.15, 0.2) is 77.3 Å². The van der Waals surface area contributed by atoms with Gasteiger partial charge in [0.25, 0.3) is 5.91 Å². The van der Waals surface area contributed by atoms with Crippen molar-refractivity contribution in [2.45, 2.75) is 6.92 Å². The van der Waals surface area contributed by atoms with Crippen molar-refractivity contribution in [3.05, 3.63) is 88.4 Å². The highest BCUT2D eigenvalue weighted by Crippen LogP contribution is 2.27. The van der Waals surface area contributed by atoms with Gasteiger partial charge in [-0.3, -0.25) is 4.79 Å². The predicted octanol–water partition coefficient (Wildman–Crippen LogP) is 5.68. The van der Waals surface area contributed by atoms with Crippen molar-refractivity contribution in [1.82, 2.24) is 0 Å². The maximum absolute atomic E-state index is 12.7. The summed E-state index contributed by atoms with van der Waals surface area (Å²) < 4.78 is 0.878. The number of anilines is 1. The summed E-state index contributed by atoms with van der Waals surface area (Å²) in [7, 11) is 0. The summed E-state index contributed by atoms with van der Waals surface area (Å²) in [6.07, 6.45) is 0. The molecule has 0 unspecified atom stereocenters. The first kappa shape index (κ1) is 15.5. The van der Waals surface area contributed by atoms with Crippen LogP contribution in [-0.4, -0.2) is 5.91 Å². The second kappa shape index (κ2) is 6.80. The standard InChI is InChI=1S/C20H16BrNO/c1-14-11-12-19(18(21)13-14)22-20(23)17-10-6-5-9-16(17)15-7-3-2-4-8-15/h2-13H,1H3,(H,22,23). The van der Waals surface area contributed by atoms with Crippen LogP contribution in [0.25, 0.3) is 11.1 Å². The Morgan fingerprint density at radius 2 is 1.61 bits per heavy atom. The van der Waals surface area contributed by atoms with Gasteiger partial charge in [0.15, 0.2) is 0 Å². The molecule has 0 aliphatic rings. The fourth-order valence-corrected chi connectivity index (χ4v) is 3.05. The summed E-state index contributed by atoms with van der Waals surface area (Å²) in [6.45, 7) is 2.01. The Hall–Kier alpha value is -2.39. The van der Waals surface area contributed by atoms with E-state index in [1.165, 1.54) is 0 Å². The van der Waals surface area contributed by atoms with Gasteiger partial charge in [-0.15, -0.1) is 0 Å². The average Bonchev–Trinajstić information content (AvgIpc) is 2.58. The lowest BCUT2D eigenvalue weighted by Gasteiger charge is -2.12. The molecule has 0 spiro atoms. The largest absolute Gasteiger partial charge is 0.321 e. The van der Waals surface area contributed by atoms with Crippen molar-refractivity contribution >= 4 is 27.5 Å². The van der Waals surface area contributed by atoms with Gasteiger partial charge >= 0.3 is 0 Å². The SMILES string of the molecule is Cc1ccc(NC(=O)c2ccccc2-c2ccccc2)c(Br)c1. The lowest BCUT2D eigenvalue weighted by Crippen LogP contribution is -2.13. The van der Waals surface area contributed by atoms with E-state index >= 15 is 0 Å². The number of hydrogen-bond donors (Lipinski definition) is 1. The van der Waals surface area contributed by atoms with Crippen molar-refractivity contribution in [3.63, 3.8) is 0 Å². The zero-order valence-corrected chi connectivity index (χ0v) is 14.3. The first-order chi connectivity index (χ1) is 11.1. The van der Waals surface area contributed by atoms with Gasteiger partial charge in [0.05, 0.1) is 5.69 Å². The molecular weight excluding hydrogens is 350 g/mol. The molecule has 0 saturated carbocycles. The normalized spacial score (nSPS) is 10.3. The number of carbonyl (C=O) groups is 1. The Kier molecular flexibility index (Phi) is 4.58. The third kappa shape index (κ3) is 3.51. The summed E-state index contributed by atoms with van der Waals surface area (Å²) in [5.74, 6) is -0.117. The molecule has 0 fully saturated rings. The van der Waals surface area contributed by atoms with E-state index in [0.717, 1.165) is 26.9 Å². The van der Waals surface area contributed by atoms with E-state index in [1.807, 2.05) is 79.7 Å². The number of nitrogens with one attached hydrogen (secondary N) is 1. The van der Waals surface area contributed by atoms with E-state index in [0.29, 0.717) is 5.56 Å². The van der Waals surface area contributed by atoms with Gasteiger partial charge in [-0.2, -0.15) is 0 Å². The van der Waals surface area contributed by atoms with Crippen molar-refractivity contribution in [2.75, 3.05) is 5.32 Å². The molecule has 3 rings (SSSR count). The average molecular weight is 366 g/mol. The summed E-state index contributed by atoms with van der Waals surface area (Å²) in [5, 5.41) is 2.98. The molecule has 2 nitrogen and oxygen atoms in total. The van der Waals surface area contributed by atoms with Crippen molar-refractivity contribution < 1.29 is 4.79 Å². The van der Waals surface area contributed by atoms with Gasteiger partial charge in [-0.25, -0.2) is 0 Å². The number of hydrogen-bond acceptors (Lipinski definition) is 1. The number of benzene rings is 3. The van der Waals surface area contributed by atoms with E-state index in [2.05, 4.69) is 21.2 Å². The van der Waals surface area contributed by atoms with Crippen LogP contribution in [0, 0.1) is 6.92 Å². The van der Waals surface area contributed by atoms with Crippen molar-refractivity contribution in [1.29, 1.82) is 0 Å². The first-order valence-electron chi connectivity index (χ1n) is 7.37. The molecule has 0 atom stereocenters. The maximum Gasteiger partial charge on any atom is 0.256 e. The van der Waals surface area contributed by atoms with Crippen molar-refractivity contribution in [3.8, 4) is 11.1 Å². The van der Waals surface area contributed by atoms with Crippen LogP contribution in [0.3, 0.4) is 0 Å². The summed E-state index contributed by atoms with van der Waals surface area (Å²) in [6, 6.07) is 23.4. The summed E-state index contributed by atoms with van der Waals surface area (Å²) >= 11 is 3.50. The van der Waals surface area contributed by atoms with Crippen LogP contribution in [0.1, 0.15) is 15.9 Å². The van der Waals surface area contributed by atoms with Crippen molar-refractivity contribution in [2.24, 2.45) is 0 Å². The number of aryl methyl sites for hydroxylation is 1. The monoisotopic (exact) mass is 365 g/mol. The van der Waals surface area contributed by atoms with E-state index in [-0.39, 0.29) is 5.91 Å². The van der Waals surface area contributed by atoms with E-state index < -0.39 is 0 Å². The Bertz CT molecular complexity index is 843. The maximum atomic E-state index is 12.7. The molecule has 3 heteroatoms. The third-order valence-corrected chi connectivity index (χ3v) is 4.29. The summed E-state index contributed by atoms with van der Waals surface area (Å²) in [5.41, 5.74) is 4.52. The zero-order valence-electron chi connectivity index (χ0n) is 12.7. The predicted molar refractivity (Wildman–Crippen MR) is 98.7 cm³/mol. The fraction of sp³-hybridized carbons (Fsp3) is 0.0500. The Labute approximate surface area is 144 Å². The van der Waals surface area contributed by atoms with Gasteiger partial charge < -0.3 is 5.32 Å². The highest BCUT2D eigenvalue weighted by molar-refractivity contribution is 9.10. The molecule has 0 heterocycles. The molecule has 0 aromatic heterocycles. The Morgan fingerprint density at radius 1 is 0.913 bits per heavy atom. The molecule has 3 aromatic carbocycles. The lowest BCUT2D eigenvalue weighted by molar-refractivity contribution is 0.102. The molecule has 3 aromatic rings. The molecule has 0 aliphatic carbocycles. The molecule has 0 saturated heterocycles. The molecule has 0 aliphatic heterocycles. The van der Waals surface area contributed by atoms with Crippen LogP contribution >= 0.6 is 15.9 Å². The highest BCUT2D eigenvalue weighted by atomic mass is 79.9. The Balaban J connectivity index is 1.94. The number of carbonyl (C=O) groups excluding carboxylic acids is 1. The topological polar surface area (TPSA) is 29.1 Å². The molecular formula is C20H16BrNO. The van der Waals surface area contributed by atoms with E-state index in [1.54, 1.807) is 0 Å². The number of halogens is 1. The van der Waals surface area contributed by atoms with Gasteiger partial charge in [-0.05, 0) is 57.7 Å². The fourth-order valence-electron chi connectivity index (χ4n) is 2.46. The van der Waals surface area contributed by atoms with E-state index in [9.17, 15) is 4.79 Å². The van der Waals surface area contributed by atoms with E-state index in [4.69, 9.17) is 0 Å². The lowest BCUT2D eigenvalue weighted by atomic mass is 9.99. The molecule has 1 N–H and O–H groups in total. The molecule has 23 heavy (non-hydrogen) atoms. The highest BCUT2D eigenvalue weighted by Gasteiger charge is 2.13. The molecule has 114 valence electrons. The second-order valence-corrected chi connectivity index (χ2v) is 6.20. The van der Waals surface area contributed by atoms with Gasteiger partial charge in [0, 0.05) is 10.0 Å². The first-order valence-corrected chi connectivity index (χ1v) is 8.16. The van der Waals surface area contributed by atoms with Gasteiger partial charge in [0.2, 0.25) is 0 Å². The van der Waals surface area contributed by atoms with Gasteiger partial charge in [0.1, 0.15) is 0 Å². The van der Waals surface area contributed by atoms with Gasteiger partial charge in [-0.1, -0.05) is 54.6 Å². The Morgan fingerprint density at radius 3 is 2.35 bits per heavy atom. The van der Waals surface area contributed by atoms with Crippen LogP contribution in [0.2, 0.25) is 0 Å². The second-order valence-electron chi connectivity index (χ2n) is 5.35. The van der Waals surface area contributed by atoms with Crippen LogP contribution < -0.4 is 5.32 Å². The minimum Gasteiger partial charge on any atom is -0.321 e. The zero-order chi connectivity index (χ0) is 16.2. The van der Waals surface area contributed by atoms with Crippen LogP contribution in [0.5, 0.6) is 0 Å². The molecule has 0 radical (unpaired) electrons. The molecule has 0 bridgehead atoms. The number of amides is 1. The quantitative estimate of drug-likeness (QED) is 0.635. The smallest absolute Gasteiger partial charge is 0.256 e.